The number of aromatic nitrogens is 1. The summed E-state index contributed by atoms with van der Waals surface area (Å²) < 4.78 is 7.65. The summed E-state index contributed by atoms with van der Waals surface area (Å²) in [7, 11) is 0. The van der Waals surface area contributed by atoms with Crippen LogP contribution in [0.25, 0.3) is 22.4 Å². The second-order valence-corrected chi connectivity index (χ2v) is 7.45. The van der Waals surface area contributed by atoms with Crippen molar-refractivity contribution in [2.45, 2.75) is 44.9 Å². The van der Waals surface area contributed by atoms with Gasteiger partial charge in [0.05, 0.1) is 12.5 Å². The lowest BCUT2D eigenvalue weighted by molar-refractivity contribution is -0.160. The third-order valence-electron chi connectivity index (χ3n) is 5.40. The van der Waals surface area contributed by atoms with Crippen LogP contribution in [0.3, 0.4) is 0 Å². The predicted molar refractivity (Wildman–Crippen MR) is 110 cm³/mol. The van der Waals surface area contributed by atoms with Gasteiger partial charge in [0.1, 0.15) is 6.10 Å². The molecular formula is C24H25NO3. The Hall–Kier alpha value is -2.85. The molecule has 0 bridgehead atoms. The van der Waals surface area contributed by atoms with Crippen LogP contribution in [-0.2, 0) is 16.1 Å². The highest BCUT2D eigenvalue weighted by Gasteiger charge is 2.27. The fourth-order valence-corrected chi connectivity index (χ4v) is 3.89. The number of hydrogen-bond acceptors (Lipinski definition) is 3. The van der Waals surface area contributed by atoms with E-state index < -0.39 is 6.10 Å². The number of nitrogens with zero attached hydrogens (tertiary/aromatic N) is 1. The lowest BCUT2D eigenvalue weighted by atomic mass is 10.0. The maximum atomic E-state index is 11.6. The van der Waals surface area contributed by atoms with Crippen LogP contribution in [-0.4, -0.2) is 27.9 Å². The molecule has 1 fully saturated rings. The average molecular weight is 375 g/mol. The van der Waals surface area contributed by atoms with Gasteiger partial charge in [-0.25, -0.2) is 0 Å². The van der Waals surface area contributed by atoms with E-state index in [9.17, 15) is 9.90 Å². The SMILES string of the molecule is Cc1ccc(-c2ccc(-c3ccccc3)cc2)n1CC[C@H]1C[C@H](O)CC(=O)O1. The van der Waals surface area contributed by atoms with Gasteiger partial charge in [0.15, 0.2) is 0 Å². The van der Waals surface area contributed by atoms with E-state index in [2.05, 4.69) is 60.0 Å². The number of benzene rings is 2. The Balaban J connectivity index is 1.51. The highest BCUT2D eigenvalue weighted by molar-refractivity contribution is 5.71. The lowest BCUT2D eigenvalue weighted by Gasteiger charge is -2.26. The minimum absolute atomic E-state index is 0.109. The number of hydrogen-bond donors (Lipinski definition) is 1. The summed E-state index contributed by atoms with van der Waals surface area (Å²) in [6.07, 6.45) is 0.534. The molecule has 1 aliphatic rings. The summed E-state index contributed by atoms with van der Waals surface area (Å²) in [4.78, 5) is 11.6. The molecule has 4 rings (SSSR count). The first kappa shape index (κ1) is 18.5. The van der Waals surface area contributed by atoms with Crippen molar-refractivity contribution in [3.05, 3.63) is 72.4 Å². The lowest BCUT2D eigenvalue weighted by Crippen LogP contribution is -2.33. The Morgan fingerprint density at radius 1 is 0.964 bits per heavy atom. The third kappa shape index (κ3) is 4.02. The van der Waals surface area contributed by atoms with Crippen molar-refractivity contribution in [3.8, 4) is 22.4 Å². The molecule has 0 aliphatic carbocycles. The van der Waals surface area contributed by atoms with E-state index in [1.807, 2.05) is 18.2 Å². The fourth-order valence-electron chi connectivity index (χ4n) is 3.89. The number of carbonyl (C=O) groups is 1. The van der Waals surface area contributed by atoms with Gasteiger partial charge in [-0.1, -0.05) is 54.6 Å². The Bertz CT molecular complexity index is 944. The molecule has 0 amide bonds. The molecule has 0 unspecified atom stereocenters. The Morgan fingerprint density at radius 3 is 2.36 bits per heavy atom. The first-order valence-corrected chi connectivity index (χ1v) is 9.79. The Labute approximate surface area is 165 Å². The normalized spacial score (nSPS) is 19.4. The number of aliphatic hydroxyl groups excluding tert-OH is 1. The molecule has 2 aromatic carbocycles. The summed E-state index contributed by atoms with van der Waals surface area (Å²) in [5, 5.41) is 9.81. The number of aliphatic hydroxyl groups is 1. The second kappa shape index (κ2) is 8.03. The topological polar surface area (TPSA) is 51.5 Å². The quantitative estimate of drug-likeness (QED) is 0.664. The molecule has 144 valence electrons. The highest BCUT2D eigenvalue weighted by atomic mass is 16.5. The molecule has 4 nitrogen and oxygen atoms in total. The van der Waals surface area contributed by atoms with Crippen LogP contribution in [0.4, 0.5) is 0 Å². The number of carbonyl (C=O) groups excluding carboxylic acids is 1. The van der Waals surface area contributed by atoms with Crippen molar-refractivity contribution in [1.82, 2.24) is 4.57 Å². The Kier molecular flexibility index (Phi) is 5.31. The van der Waals surface area contributed by atoms with Gasteiger partial charge in [-0.3, -0.25) is 4.79 Å². The summed E-state index contributed by atoms with van der Waals surface area (Å²) in [5.41, 5.74) is 5.89. The van der Waals surface area contributed by atoms with Crippen molar-refractivity contribution >= 4 is 5.97 Å². The zero-order valence-electron chi connectivity index (χ0n) is 16.0. The maximum absolute atomic E-state index is 11.6. The molecule has 0 radical (unpaired) electrons. The minimum atomic E-state index is -0.581. The molecule has 0 saturated carbocycles. The van der Waals surface area contributed by atoms with Gasteiger partial charge in [0, 0.05) is 30.8 Å². The minimum Gasteiger partial charge on any atom is -0.462 e. The van der Waals surface area contributed by atoms with E-state index in [1.165, 1.54) is 16.8 Å². The number of aryl methyl sites for hydroxylation is 1. The summed E-state index contributed by atoms with van der Waals surface area (Å²) >= 11 is 0. The van der Waals surface area contributed by atoms with Gasteiger partial charge in [0.25, 0.3) is 0 Å². The van der Waals surface area contributed by atoms with E-state index in [0.29, 0.717) is 12.8 Å². The summed E-state index contributed by atoms with van der Waals surface area (Å²) in [5.74, 6) is -0.301. The van der Waals surface area contributed by atoms with E-state index >= 15 is 0 Å². The average Bonchev–Trinajstić information content (AvgIpc) is 3.07. The van der Waals surface area contributed by atoms with E-state index in [-0.39, 0.29) is 18.5 Å². The molecule has 0 spiro atoms. The first-order chi connectivity index (χ1) is 13.6. The number of cyclic esters (lactones) is 1. The van der Waals surface area contributed by atoms with Crippen LogP contribution in [0.2, 0.25) is 0 Å². The van der Waals surface area contributed by atoms with Crippen LogP contribution in [0, 0.1) is 6.92 Å². The van der Waals surface area contributed by atoms with Crippen molar-refractivity contribution < 1.29 is 14.6 Å². The second-order valence-electron chi connectivity index (χ2n) is 7.45. The number of esters is 1. The van der Waals surface area contributed by atoms with E-state index in [0.717, 1.165) is 17.8 Å². The monoisotopic (exact) mass is 375 g/mol. The number of rotatable bonds is 5. The smallest absolute Gasteiger partial charge is 0.308 e. The molecular weight excluding hydrogens is 350 g/mol. The van der Waals surface area contributed by atoms with Crippen LogP contribution in [0.5, 0.6) is 0 Å². The molecule has 4 heteroatoms. The zero-order chi connectivity index (χ0) is 19.5. The van der Waals surface area contributed by atoms with Crippen LogP contribution >= 0.6 is 0 Å². The molecule has 2 heterocycles. The first-order valence-electron chi connectivity index (χ1n) is 9.79. The van der Waals surface area contributed by atoms with Gasteiger partial charge in [-0.2, -0.15) is 0 Å². The van der Waals surface area contributed by atoms with Gasteiger partial charge < -0.3 is 14.4 Å². The van der Waals surface area contributed by atoms with E-state index in [1.54, 1.807) is 0 Å². The summed E-state index contributed by atoms with van der Waals surface area (Å²) in [6, 6.07) is 23.2. The van der Waals surface area contributed by atoms with Crippen molar-refractivity contribution in [3.63, 3.8) is 0 Å². The molecule has 1 N–H and O–H groups in total. The molecule has 28 heavy (non-hydrogen) atoms. The molecule has 3 aromatic rings. The molecule has 1 saturated heterocycles. The third-order valence-corrected chi connectivity index (χ3v) is 5.40. The van der Waals surface area contributed by atoms with Gasteiger partial charge in [-0.15, -0.1) is 0 Å². The zero-order valence-corrected chi connectivity index (χ0v) is 16.0. The van der Waals surface area contributed by atoms with Gasteiger partial charge in [-0.05, 0) is 35.7 Å². The van der Waals surface area contributed by atoms with E-state index in [4.69, 9.17) is 4.74 Å². The van der Waals surface area contributed by atoms with Crippen molar-refractivity contribution in [1.29, 1.82) is 0 Å². The molecule has 1 aromatic heterocycles. The standard InChI is InChI=1S/C24H25NO3/c1-17-7-12-23(25(17)14-13-22-15-21(26)16-24(27)28-22)20-10-8-19(9-11-20)18-5-3-2-4-6-18/h2-12,21-22,26H,13-16H2,1H3/t21-,22-/m0/s1. The van der Waals surface area contributed by atoms with Crippen LogP contribution < -0.4 is 0 Å². The molecule has 1 aliphatic heterocycles. The largest absolute Gasteiger partial charge is 0.462 e. The van der Waals surface area contributed by atoms with Gasteiger partial charge in [0.2, 0.25) is 0 Å². The van der Waals surface area contributed by atoms with Crippen molar-refractivity contribution in [2.75, 3.05) is 0 Å². The molecule has 2 atom stereocenters. The van der Waals surface area contributed by atoms with Crippen LogP contribution in [0.15, 0.2) is 66.7 Å². The Morgan fingerprint density at radius 2 is 1.64 bits per heavy atom. The van der Waals surface area contributed by atoms with Gasteiger partial charge >= 0.3 is 5.97 Å². The number of ether oxygens (including phenoxy) is 1. The van der Waals surface area contributed by atoms with Crippen molar-refractivity contribution in [2.24, 2.45) is 0 Å². The highest BCUT2D eigenvalue weighted by Crippen LogP contribution is 2.27. The predicted octanol–water partition coefficient (Wildman–Crippen LogP) is 4.59. The maximum Gasteiger partial charge on any atom is 0.308 e. The summed E-state index contributed by atoms with van der Waals surface area (Å²) in [6.45, 7) is 2.84. The van der Waals surface area contributed by atoms with Crippen LogP contribution in [0.1, 0.15) is 25.0 Å². The fraction of sp³-hybridized carbons (Fsp3) is 0.292.